The molecule has 0 saturated carbocycles. The van der Waals surface area contributed by atoms with E-state index in [0.717, 1.165) is 37.3 Å². The van der Waals surface area contributed by atoms with Crippen molar-refractivity contribution in [3.8, 4) is 5.88 Å². The van der Waals surface area contributed by atoms with Gasteiger partial charge in [0.1, 0.15) is 6.61 Å². The van der Waals surface area contributed by atoms with E-state index in [0.29, 0.717) is 5.88 Å². The molecule has 1 aromatic carbocycles. The molecule has 2 saturated heterocycles. The Kier molecular flexibility index (Phi) is 4.85. The molecule has 27 heavy (non-hydrogen) atoms. The highest BCUT2D eigenvalue weighted by Crippen LogP contribution is 2.42. The highest BCUT2D eigenvalue weighted by Gasteiger charge is 2.52. The Labute approximate surface area is 159 Å². The maximum Gasteiger partial charge on any atom is 0.249 e. The molecule has 0 aliphatic carbocycles. The maximum absolute atomic E-state index is 12.4. The van der Waals surface area contributed by atoms with Crippen molar-refractivity contribution in [3.63, 3.8) is 0 Å². The fourth-order valence-corrected chi connectivity index (χ4v) is 4.31. The zero-order chi connectivity index (χ0) is 18.9. The van der Waals surface area contributed by atoms with E-state index in [2.05, 4.69) is 22.0 Å². The van der Waals surface area contributed by atoms with E-state index in [1.54, 1.807) is 7.11 Å². The monoisotopic (exact) mass is 367 g/mol. The molecule has 0 N–H and O–H groups in total. The second-order valence-electron chi connectivity index (χ2n) is 7.20. The first-order valence-corrected chi connectivity index (χ1v) is 9.29. The number of morpholine rings is 1. The minimum absolute atomic E-state index is 0.0398. The average molecular weight is 367 g/mol. The summed E-state index contributed by atoms with van der Waals surface area (Å²) in [6.07, 6.45) is 0.760. The van der Waals surface area contributed by atoms with Gasteiger partial charge in [0.15, 0.2) is 0 Å². The van der Waals surface area contributed by atoms with E-state index in [1.807, 2.05) is 48.3 Å². The Morgan fingerprint density at radius 3 is 2.81 bits per heavy atom. The number of carbonyl (C=O) groups excluding carboxylic acids is 1. The summed E-state index contributed by atoms with van der Waals surface area (Å²) in [5.41, 5.74) is 1.71. The van der Waals surface area contributed by atoms with Crippen molar-refractivity contribution in [2.45, 2.75) is 24.6 Å². The van der Waals surface area contributed by atoms with Crippen molar-refractivity contribution in [1.29, 1.82) is 0 Å². The quantitative estimate of drug-likeness (QED) is 0.828. The van der Waals surface area contributed by atoms with Crippen LogP contribution in [0.25, 0.3) is 0 Å². The number of piperidine rings is 1. The third-order valence-corrected chi connectivity index (χ3v) is 5.80. The second-order valence-corrected chi connectivity index (χ2v) is 7.20. The summed E-state index contributed by atoms with van der Waals surface area (Å²) in [6.45, 7) is 2.50. The summed E-state index contributed by atoms with van der Waals surface area (Å²) in [4.78, 5) is 21.2. The van der Waals surface area contributed by atoms with E-state index in [1.165, 1.54) is 0 Å². The predicted octanol–water partition coefficient (Wildman–Crippen LogP) is 2.05. The van der Waals surface area contributed by atoms with E-state index < -0.39 is 5.54 Å². The minimum atomic E-state index is -0.408. The first kappa shape index (κ1) is 17.9. The van der Waals surface area contributed by atoms with Gasteiger partial charge < -0.3 is 14.4 Å². The van der Waals surface area contributed by atoms with Crippen molar-refractivity contribution < 1.29 is 14.3 Å². The highest BCUT2D eigenvalue weighted by atomic mass is 16.5. The molecular weight excluding hydrogens is 342 g/mol. The van der Waals surface area contributed by atoms with Crippen LogP contribution in [0, 0.1) is 0 Å². The number of amides is 1. The van der Waals surface area contributed by atoms with Crippen LogP contribution in [-0.2, 0) is 21.6 Å². The molecule has 2 aliphatic rings. The number of pyridine rings is 1. The van der Waals surface area contributed by atoms with Crippen molar-refractivity contribution >= 4 is 5.91 Å². The number of aromatic nitrogens is 1. The normalized spacial score (nSPS) is 25.9. The van der Waals surface area contributed by atoms with Gasteiger partial charge in [-0.25, -0.2) is 4.98 Å². The SMILES string of the molecule is COc1cccc(CN2CC[C@]3(c4ccccc4)[C@@H](C2)OCC(=O)N3C)n1. The molecule has 0 unspecified atom stereocenters. The van der Waals surface area contributed by atoms with E-state index in [9.17, 15) is 4.79 Å². The van der Waals surface area contributed by atoms with Crippen LogP contribution >= 0.6 is 0 Å². The zero-order valence-electron chi connectivity index (χ0n) is 15.8. The molecule has 0 radical (unpaired) electrons. The number of likely N-dealkylation sites (N-methyl/N-ethyl adjacent to an activating group) is 1. The molecule has 1 amide bonds. The standard InChI is InChI=1S/C21H25N3O3/c1-23-20(25)15-27-18-14-24(13-17-9-6-10-19(22-17)26-2)12-11-21(18,23)16-7-4-3-5-8-16/h3-10,18H,11-15H2,1-2H3/t18-,21+/m1/s1. The molecule has 6 heteroatoms. The first-order valence-electron chi connectivity index (χ1n) is 9.29. The van der Waals surface area contributed by atoms with Gasteiger partial charge in [-0.3, -0.25) is 9.69 Å². The largest absolute Gasteiger partial charge is 0.481 e. The summed E-state index contributed by atoms with van der Waals surface area (Å²) in [5.74, 6) is 0.667. The third kappa shape index (κ3) is 3.19. The lowest BCUT2D eigenvalue weighted by atomic mass is 9.76. The lowest BCUT2D eigenvalue weighted by Crippen LogP contribution is -2.66. The lowest BCUT2D eigenvalue weighted by Gasteiger charge is -2.54. The molecule has 4 rings (SSSR count). The number of rotatable bonds is 4. The molecule has 142 valence electrons. The van der Waals surface area contributed by atoms with Crippen LogP contribution in [0.2, 0.25) is 0 Å². The van der Waals surface area contributed by atoms with Gasteiger partial charge >= 0.3 is 0 Å². The van der Waals surface area contributed by atoms with Gasteiger partial charge in [-0.2, -0.15) is 0 Å². The van der Waals surface area contributed by atoms with Gasteiger partial charge in [-0.05, 0) is 18.1 Å². The smallest absolute Gasteiger partial charge is 0.249 e. The number of likely N-dealkylation sites (tertiary alicyclic amines) is 1. The number of ether oxygens (including phenoxy) is 2. The second kappa shape index (κ2) is 7.29. The van der Waals surface area contributed by atoms with Crippen molar-refractivity contribution in [1.82, 2.24) is 14.8 Å². The van der Waals surface area contributed by atoms with Gasteiger partial charge in [0.05, 0.1) is 24.4 Å². The van der Waals surface area contributed by atoms with Crippen LogP contribution in [0.15, 0.2) is 48.5 Å². The van der Waals surface area contributed by atoms with Gasteiger partial charge in [0.25, 0.3) is 0 Å². The van der Waals surface area contributed by atoms with Gasteiger partial charge in [0, 0.05) is 32.7 Å². The van der Waals surface area contributed by atoms with Crippen LogP contribution in [0.1, 0.15) is 17.7 Å². The number of hydrogen-bond donors (Lipinski definition) is 0. The molecule has 2 aromatic rings. The molecule has 2 aliphatic heterocycles. The summed E-state index contributed by atoms with van der Waals surface area (Å²) < 4.78 is 11.3. The van der Waals surface area contributed by atoms with Crippen LogP contribution in [0.5, 0.6) is 5.88 Å². The Balaban J connectivity index is 1.58. The Morgan fingerprint density at radius 2 is 2.04 bits per heavy atom. The van der Waals surface area contributed by atoms with Crippen LogP contribution in [0.4, 0.5) is 0 Å². The van der Waals surface area contributed by atoms with E-state index >= 15 is 0 Å². The zero-order valence-corrected chi connectivity index (χ0v) is 15.8. The highest BCUT2D eigenvalue weighted by molar-refractivity contribution is 5.79. The summed E-state index contributed by atoms with van der Waals surface area (Å²) in [7, 11) is 3.54. The Bertz CT molecular complexity index is 813. The first-order chi connectivity index (χ1) is 13.1. The molecular formula is C21H25N3O3. The molecule has 2 fully saturated rings. The number of methoxy groups -OCH3 is 1. The Morgan fingerprint density at radius 1 is 1.22 bits per heavy atom. The lowest BCUT2D eigenvalue weighted by molar-refractivity contribution is -0.183. The van der Waals surface area contributed by atoms with Crippen LogP contribution in [-0.4, -0.2) is 60.6 Å². The van der Waals surface area contributed by atoms with Gasteiger partial charge in [0.2, 0.25) is 11.8 Å². The number of hydrogen-bond acceptors (Lipinski definition) is 5. The van der Waals surface area contributed by atoms with E-state index in [-0.39, 0.29) is 18.6 Å². The fraction of sp³-hybridized carbons (Fsp3) is 0.429. The molecule has 0 spiro atoms. The molecule has 0 bridgehead atoms. The third-order valence-electron chi connectivity index (χ3n) is 5.80. The summed E-state index contributed by atoms with van der Waals surface area (Å²) in [5, 5.41) is 0. The minimum Gasteiger partial charge on any atom is -0.481 e. The van der Waals surface area contributed by atoms with E-state index in [4.69, 9.17) is 9.47 Å². The molecule has 1 aromatic heterocycles. The summed E-state index contributed by atoms with van der Waals surface area (Å²) >= 11 is 0. The number of nitrogens with zero attached hydrogens (tertiary/aromatic N) is 3. The fourth-order valence-electron chi connectivity index (χ4n) is 4.31. The van der Waals surface area contributed by atoms with Crippen LogP contribution < -0.4 is 4.74 Å². The molecule has 3 heterocycles. The molecule has 6 nitrogen and oxygen atoms in total. The average Bonchev–Trinajstić information content (AvgIpc) is 2.72. The molecule has 2 atom stereocenters. The summed E-state index contributed by atoms with van der Waals surface area (Å²) in [6, 6.07) is 16.1. The number of fused-ring (bicyclic) bond motifs is 1. The Hall–Kier alpha value is -2.44. The van der Waals surface area contributed by atoms with Crippen LogP contribution in [0.3, 0.4) is 0 Å². The topological polar surface area (TPSA) is 54.9 Å². The van der Waals surface area contributed by atoms with Crippen molar-refractivity contribution in [2.24, 2.45) is 0 Å². The predicted molar refractivity (Wildman–Crippen MR) is 101 cm³/mol. The van der Waals surface area contributed by atoms with Gasteiger partial charge in [-0.15, -0.1) is 0 Å². The van der Waals surface area contributed by atoms with Crippen molar-refractivity contribution in [3.05, 3.63) is 59.8 Å². The van der Waals surface area contributed by atoms with Gasteiger partial charge in [-0.1, -0.05) is 36.4 Å². The maximum atomic E-state index is 12.4. The van der Waals surface area contributed by atoms with Crippen molar-refractivity contribution in [2.75, 3.05) is 33.9 Å². The number of carbonyl (C=O) groups is 1. The number of benzene rings is 1.